The zero-order chi connectivity index (χ0) is 21.1. The van der Waals surface area contributed by atoms with Gasteiger partial charge in [0.05, 0.1) is 26.7 Å². The number of H-pyrrole nitrogens is 1. The van der Waals surface area contributed by atoms with Crippen LogP contribution < -0.4 is 4.74 Å². The van der Waals surface area contributed by atoms with Crippen LogP contribution in [0.4, 0.5) is 4.39 Å². The SMILES string of the molecule is N#C/C(=C/c1ccc(OCc2ccc(Cl)c(Cl)c2)cc1)c1nc2ccc(F)cc2[nH]1. The summed E-state index contributed by atoms with van der Waals surface area (Å²) in [4.78, 5) is 7.34. The molecule has 1 aromatic heterocycles. The summed E-state index contributed by atoms with van der Waals surface area (Å²) in [5, 5.41) is 10.5. The van der Waals surface area contributed by atoms with Gasteiger partial charge in [0, 0.05) is 0 Å². The van der Waals surface area contributed by atoms with Gasteiger partial charge in [-0.15, -0.1) is 0 Å². The van der Waals surface area contributed by atoms with Crippen LogP contribution in [0.1, 0.15) is 17.0 Å². The third kappa shape index (κ3) is 4.46. The van der Waals surface area contributed by atoms with E-state index in [9.17, 15) is 9.65 Å². The lowest BCUT2D eigenvalue weighted by molar-refractivity contribution is 0.306. The van der Waals surface area contributed by atoms with E-state index in [0.29, 0.717) is 44.8 Å². The summed E-state index contributed by atoms with van der Waals surface area (Å²) in [7, 11) is 0. The van der Waals surface area contributed by atoms with Gasteiger partial charge in [-0.05, 0) is 59.7 Å². The number of nitriles is 1. The molecule has 0 radical (unpaired) electrons. The maximum absolute atomic E-state index is 13.4. The molecule has 0 aliphatic carbocycles. The van der Waals surface area contributed by atoms with E-state index < -0.39 is 0 Å². The molecule has 4 rings (SSSR count). The second kappa shape index (κ2) is 8.58. The highest BCUT2D eigenvalue weighted by molar-refractivity contribution is 6.42. The fourth-order valence-electron chi connectivity index (χ4n) is 2.89. The molecule has 30 heavy (non-hydrogen) atoms. The summed E-state index contributed by atoms with van der Waals surface area (Å²) in [5.74, 6) is 0.700. The second-order valence-electron chi connectivity index (χ2n) is 6.52. The number of aromatic nitrogens is 2. The minimum Gasteiger partial charge on any atom is -0.489 e. The summed E-state index contributed by atoms with van der Waals surface area (Å²) in [6.45, 7) is 0.352. The largest absolute Gasteiger partial charge is 0.489 e. The molecule has 4 aromatic rings. The van der Waals surface area contributed by atoms with Crippen molar-refractivity contribution in [3.63, 3.8) is 0 Å². The summed E-state index contributed by atoms with van der Waals surface area (Å²) < 4.78 is 19.1. The molecule has 0 fully saturated rings. The van der Waals surface area contributed by atoms with Crippen molar-refractivity contribution in [3.05, 3.63) is 93.5 Å². The minimum atomic E-state index is -0.364. The van der Waals surface area contributed by atoms with E-state index in [-0.39, 0.29) is 5.82 Å². The quantitative estimate of drug-likeness (QED) is 0.355. The van der Waals surface area contributed by atoms with Crippen molar-refractivity contribution in [2.45, 2.75) is 6.61 Å². The van der Waals surface area contributed by atoms with Crippen molar-refractivity contribution >= 4 is 45.9 Å². The lowest BCUT2D eigenvalue weighted by atomic mass is 10.1. The zero-order valence-electron chi connectivity index (χ0n) is 15.5. The van der Waals surface area contributed by atoms with Crippen molar-refractivity contribution in [1.82, 2.24) is 9.97 Å². The summed E-state index contributed by atoms with van der Waals surface area (Å²) in [6.07, 6.45) is 1.71. The van der Waals surface area contributed by atoms with Gasteiger partial charge >= 0.3 is 0 Å². The molecule has 0 atom stereocenters. The van der Waals surface area contributed by atoms with Gasteiger partial charge in [-0.1, -0.05) is 41.4 Å². The number of imidazole rings is 1. The van der Waals surface area contributed by atoms with Crippen LogP contribution in [-0.2, 0) is 6.61 Å². The van der Waals surface area contributed by atoms with Gasteiger partial charge < -0.3 is 9.72 Å². The van der Waals surface area contributed by atoms with E-state index >= 15 is 0 Å². The lowest BCUT2D eigenvalue weighted by Gasteiger charge is -2.07. The average molecular weight is 438 g/mol. The van der Waals surface area contributed by atoms with Crippen LogP contribution >= 0.6 is 23.2 Å². The van der Waals surface area contributed by atoms with E-state index in [4.69, 9.17) is 27.9 Å². The highest BCUT2D eigenvalue weighted by Crippen LogP contribution is 2.24. The molecule has 4 nitrogen and oxygen atoms in total. The third-order valence-electron chi connectivity index (χ3n) is 4.40. The molecule has 1 heterocycles. The first-order valence-corrected chi connectivity index (χ1v) is 9.71. The first-order chi connectivity index (χ1) is 14.5. The summed E-state index contributed by atoms with van der Waals surface area (Å²) in [5.41, 5.74) is 3.19. The first-order valence-electron chi connectivity index (χ1n) is 8.96. The summed E-state index contributed by atoms with van der Waals surface area (Å²) >= 11 is 11.9. The van der Waals surface area contributed by atoms with Crippen LogP contribution in [0.3, 0.4) is 0 Å². The van der Waals surface area contributed by atoms with Crippen molar-refractivity contribution < 1.29 is 9.13 Å². The van der Waals surface area contributed by atoms with Gasteiger partial charge in [0.25, 0.3) is 0 Å². The van der Waals surface area contributed by atoms with Crippen molar-refractivity contribution in [3.8, 4) is 11.8 Å². The molecule has 0 aliphatic heterocycles. The topological polar surface area (TPSA) is 61.7 Å². The van der Waals surface area contributed by atoms with E-state index in [1.165, 1.54) is 12.1 Å². The molecule has 0 spiro atoms. The van der Waals surface area contributed by atoms with Gasteiger partial charge in [-0.2, -0.15) is 5.26 Å². The number of halogens is 3. The van der Waals surface area contributed by atoms with Gasteiger partial charge in [-0.3, -0.25) is 0 Å². The van der Waals surface area contributed by atoms with Crippen LogP contribution in [0.25, 0.3) is 22.7 Å². The minimum absolute atomic E-state index is 0.344. The average Bonchev–Trinajstić information content (AvgIpc) is 3.16. The normalized spacial score (nSPS) is 11.5. The lowest BCUT2D eigenvalue weighted by Crippen LogP contribution is -1.95. The highest BCUT2D eigenvalue weighted by Gasteiger charge is 2.09. The number of ether oxygens (including phenoxy) is 1. The van der Waals surface area contributed by atoms with E-state index in [0.717, 1.165) is 11.1 Å². The molecule has 0 bridgehead atoms. The molecule has 1 N–H and O–H groups in total. The molecule has 0 aliphatic rings. The fourth-order valence-corrected chi connectivity index (χ4v) is 3.21. The molecular weight excluding hydrogens is 424 g/mol. The van der Waals surface area contributed by atoms with E-state index in [2.05, 4.69) is 16.0 Å². The first kappa shape index (κ1) is 20.0. The summed E-state index contributed by atoms with van der Waals surface area (Å²) in [6, 6.07) is 19.0. The fraction of sp³-hybridized carbons (Fsp3) is 0.0435. The maximum atomic E-state index is 13.4. The molecule has 0 saturated carbocycles. The Morgan fingerprint density at radius 1 is 1.07 bits per heavy atom. The number of fused-ring (bicyclic) bond motifs is 1. The number of hydrogen-bond donors (Lipinski definition) is 1. The van der Waals surface area contributed by atoms with Gasteiger partial charge in [0.1, 0.15) is 30.1 Å². The Balaban J connectivity index is 1.49. The number of allylic oxidation sites excluding steroid dienone is 1. The van der Waals surface area contributed by atoms with Gasteiger partial charge in [0.15, 0.2) is 0 Å². The van der Waals surface area contributed by atoms with Crippen LogP contribution in [-0.4, -0.2) is 9.97 Å². The molecular formula is C23H14Cl2FN3O. The highest BCUT2D eigenvalue weighted by atomic mass is 35.5. The van der Waals surface area contributed by atoms with E-state index in [1.807, 2.05) is 30.3 Å². The van der Waals surface area contributed by atoms with Crippen molar-refractivity contribution in [1.29, 1.82) is 5.26 Å². The smallest absolute Gasteiger partial charge is 0.149 e. The molecule has 148 valence electrons. The molecule has 0 amide bonds. The van der Waals surface area contributed by atoms with Crippen LogP contribution in [0.15, 0.2) is 60.7 Å². The molecule has 0 saturated heterocycles. The van der Waals surface area contributed by atoms with Gasteiger partial charge in [-0.25, -0.2) is 9.37 Å². The molecule has 7 heteroatoms. The Hall–Kier alpha value is -3.33. The van der Waals surface area contributed by atoms with Crippen LogP contribution in [0.5, 0.6) is 5.75 Å². The Kier molecular flexibility index (Phi) is 5.71. The van der Waals surface area contributed by atoms with Crippen molar-refractivity contribution in [2.75, 3.05) is 0 Å². The second-order valence-corrected chi connectivity index (χ2v) is 7.34. The number of nitrogens with zero attached hydrogens (tertiary/aromatic N) is 2. The monoisotopic (exact) mass is 437 g/mol. The molecule has 0 unspecified atom stereocenters. The zero-order valence-corrected chi connectivity index (χ0v) is 17.0. The van der Waals surface area contributed by atoms with Crippen LogP contribution in [0, 0.1) is 17.1 Å². The number of aromatic amines is 1. The molecule has 3 aromatic carbocycles. The Labute approximate surface area is 182 Å². The van der Waals surface area contributed by atoms with Crippen LogP contribution in [0.2, 0.25) is 10.0 Å². The predicted molar refractivity (Wildman–Crippen MR) is 117 cm³/mol. The predicted octanol–water partition coefficient (Wildman–Crippen LogP) is 6.65. The number of nitrogens with one attached hydrogen (secondary N) is 1. The number of hydrogen-bond acceptors (Lipinski definition) is 3. The Morgan fingerprint density at radius 2 is 1.87 bits per heavy atom. The van der Waals surface area contributed by atoms with Crippen molar-refractivity contribution in [2.24, 2.45) is 0 Å². The number of benzene rings is 3. The van der Waals surface area contributed by atoms with E-state index in [1.54, 1.807) is 24.3 Å². The van der Waals surface area contributed by atoms with Gasteiger partial charge in [0.2, 0.25) is 0 Å². The maximum Gasteiger partial charge on any atom is 0.149 e. The number of rotatable bonds is 5. The standard InChI is InChI=1S/C23H14Cl2FN3O/c24-19-7-3-15(10-20(19)25)13-30-18-5-1-14(2-6-18)9-16(12-27)23-28-21-8-4-17(26)11-22(21)29-23/h1-11H,13H2,(H,28,29)/b16-9-. The Morgan fingerprint density at radius 3 is 2.60 bits per heavy atom. The third-order valence-corrected chi connectivity index (χ3v) is 5.14. The Bertz CT molecular complexity index is 1290.